The normalized spacial score (nSPS) is 13.0. The summed E-state index contributed by atoms with van der Waals surface area (Å²) < 4.78 is 5.51. The molecule has 1 heterocycles. The number of alkyl carbamates (subject to hydrolysis) is 1. The first-order valence-corrected chi connectivity index (χ1v) is 11.9. The minimum absolute atomic E-state index is 0.0494. The van der Waals surface area contributed by atoms with Crippen LogP contribution in [0.1, 0.15) is 43.8 Å². The van der Waals surface area contributed by atoms with Gasteiger partial charge < -0.3 is 25.6 Å². The van der Waals surface area contributed by atoms with Crippen LogP contribution in [0.4, 0.5) is 4.79 Å². The Morgan fingerprint density at radius 1 is 1.09 bits per heavy atom. The molecule has 4 rings (SSSR count). The Hall–Kier alpha value is -3.76. The fourth-order valence-electron chi connectivity index (χ4n) is 4.15. The number of aliphatic hydroxyl groups excluding tert-OH is 1. The highest BCUT2D eigenvalue weighted by Crippen LogP contribution is 2.44. The first-order chi connectivity index (χ1) is 16.9. The third-order valence-corrected chi connectivity index (χ3v) is 6.95. The zero-order valence-electron chi connectivity index (χ0n) is 19.0. The van der Waals surface area contributed by atoms with Crippen molar-refractivity contribution in [3.05, 3.63) is 75.2 Å². The second-order valence-electron chi connectivity index (χ2n) is 8.08. The minimum Gasteiger partial charge on any atom is -0.480 e. The van der Waals surface area contributed by atoms with Crippen molar-refractivity contribution in [2.75, 3.05) is 13.2 Å². The van der Waals surface area contributed by atoms with Gasteiger partial charge in [0, 0.05) is 18.9 Å². The van der Waals surface area contributed by atoms with Gasteiger partial charge in [-0.2, -0.15) is 0 Å². The highest BCUT2D eigenvalue weighted by molar-refractivity contribution is 7.13. The molecule has 2 amide bonds. The Labute approximate surface area is 205 Å². The average Bonchev–Trinajstić information content (AvgIpc) is 3.38. The summed E-state index contributed by atoms with van der Waals surface area (Å²) in [6.45, 7) is 1.51. The summed E-state index contributed by atoms with van der Waals surface area (Å²) in [5.74, 6) is -1.87. The second-order valence-corrected chi connectivity index (χ2v) is 9.16. The maximum atomic E-state index is 12.5. The van der Waals surface area contributed by atoms with E-state index in [0.29, 0.717) is 10.7 Å². The highest BCUT2D eigenvalue weighted by Gasteiger charge is 2.29. The summed E-state index contributed by atoms with van der Waals surface area (Å²) in [6, 6.07) is 14.9. The van der Waals surface area contributed by atoms with Gasteiger partial charge in [-0.05, 0) is 29.2 Å². The largest absolute Gasteiger partial charge is 0.480 e. The molecule has 0 saturated heterocycles. The number of nitrogens with zero attached hydrogens (tertiary/aromatic N) is 1. The van der Waals surface area contributed by atoms with Crippen LogP contribution in [0.15, 0.2) is 48.5 Å². The molecule has 9 nitrogen and oxygen atoms in total. The van der Waals surface area contributed by atoms with Crippen LogP contribution in [-0.2, 0) is 16.1 Å². The quantitative estimate of drug-likeness (QED) is 0.358. The third-order valence-electron chi connectivity index (χ3n) is 5.80. The number of carboxylic acids is 1. The fourth-order valence-corrected chi connectivity index (χ4v) is 5.05. The molecule has 4 N–H and O–H groups in total. The SMILES string of the molecule is Cc1nc(CNC(=O)OCC2c3ccccc3-c3ccccc32)sc1C(=O)N[C@H](CCO)C(=O)O. The second kappa shape index (κ2) is 10.7. The third kappa shape index (κ3) is 5.33. The number of benzene rings is 2. The number of thiazole rings is 1. The van der Waals surface area contributed by atoms with Gasteiger partial charge in [0.15, 0.2) is 0 Å². The van der Waals surface area contributed by atoms with Gasteiger partial charge in [-0.25, -0.2) is 14.6 Å². The minimum atomic E-state index is -1.23. The molecule has 1 aliphatic rings. The zero-order chi connectivity index (χ0) is 24.9. The van der Waals surface area contributed by atoms with Crippen LogP contribution >= 0.6 is 11.3 Å². The van der Waals surface area contributed by atoms with Gasteiger partial charge in [0.1, 0.15) is 22.5 Å². The van der Waals surface area contributed by atoms with Crippen LogP contribution < -0.4 is 10.6 Å². The lowest BCUT2D eigenvalue weighted by Gasteiger charge is -2.14. The topological polar surface area (TPSA) is 138 Å². The summed E-state index contributed by atoms with van der Waals surface area (Å²) in [5, 5.41) is 23.7. The Balaban J connectivity index is 1.34. The number of carboxylic acid groups (broad SMARTS) is 1. The number of carbonyl (C=O) groups excluding carboxylic acids is 2. The van der Waals surface area contributed by atoms with Crippen molar-refractivity contribution in [3.63, 3.8) is 0 Å². The highest BCUT2D eigenvalue weighted by atomic mass is 32.1. The molecule has 0 fully saturated rings. The van der Waals surface area contributed by atoms with Gasteiger partial charge in [-0.15, -0.1) is 11.3 Å². The van der Waals surface area contributed by atoms with E-state index in [-0.39, 0.29) is 37.0 Å². The lowest BCUT2D eigenvalue weighted by molar-refractivity contribution is -0.139. The van der Waals surface area contributed by atoms with Crippen molar-refractivity contribution in [3.8, 4) is 11.1 Å². The van der Waals surface area contributed by atoms with E-state index >= 15 is 0 Å². The maximum absolute atomic E-state index is 12.5. The van der Waals surface area contributed by atoms with Crippen LogP contribution in [0, 0.1) is 6.92 Å². The van der Waals surface area contributed by atoms with E-state index in [2.05, 4.69) is 27.8 Å². The average molecular weight is 496 g/mol. The van der Waals surface area contributed by atoms with E-state index in [1.54, 1.807) is 6.92 Å². The van der Waals surface area contributed by atoms with Crippen LogP contribution in [0.25, 0.3) is 11.1 Å². The number of amides is 2. The molecule has 0 spiro atoms. The Morgan fingerprint density at radius 3 is 2.31 bits per heavy atom. The summed E-state index contributed by atoms with van der Waals surface area (Å²) in [7, 11) is 0. The van der Waals surface area contributed by atoms with E-state index in [1.807, 2.05) is 36.4 Å². The van der Waals surface area contributed by atoms with E-state index in [4.69, 9.17) is 14.9 Å². The van der Waals surface area contributed by atoms with Crippen LogP contribution in [0.5, 0.6) is 0 Å². The molecular formula is C25H25N3O6S. The number of aliphatic hydroxyl groups is 1. The van der Waals surface area contributed by atoms with Crippen molar-refractivity contribution < 1.29 is 29.3 Å². The van der Waals surface area contributed by atoms with Gasteiger partial charge in [-0.1, -0.05) is 48.5 Å². The van der Waals surface area contributed by atoms with Crippen LogP contribution in [0.3, 0.4) is 0 Å². The number of hydrogen-bond acceptors (Lipinski definition) is 7. The number of aromatic nitrogens is 1. The maximum Gasteiger partial charge on any atom is 0.407 e. The summed E-state index contributed by atoms with van der Waals surface area (Å²) in [5.41, 5.74) is 4.95. The van der Waals surface area contributed by atoms with Gasteiger partial charge in [0.05, 0.1) is 12.2 Å². The van der Waals surface area contributed by atoms with E-state index in [0.717, 1.165) is 33.6 Å². The number of aliphatic carboxylic acids is 1. The van der Waals surface area contributed by atoms with Gasteiger partial charge >= 0.3 is 12.1 Å². The fraction of sp³-hybridized carbons (Fsp3) is 0.280. The summed E-state index contributed by atoms with van der Waals surface area (Å²) >= 11 is 1.06. The van der Waals surface area contributed by atoms with Gasteiger partial charge in [0.2, 0.25) is 0 Å². The number of nitrogens with one attached hydrogen (secondary N) is 2. The van der Waals surface area contributed by atoms with Crippen molar-refractivity contribution in [1.29, 1.82) is 0 Å². The van der Waals surface area contributed by atoms with Crippen molar-refractivity contribution in [2.45, 2.75) is 31.8 Å². The molecule has 0 radical (unpaired) electrons. The molecule has 0 unspecified atom stereocenters. The Morgan fingerprint density at radius 2 is 1.71 bits per heavy atom. The Bertz CT molecular complexity index is 1210. The predicted octanol–water partition coefficient (Wildman–Crippen LogP) is 3.06. The van der Waals surface area contributed by atoms with Gasteiger partial charge in [0.25, 0.3) is 5.91 Å². The summed E-state index contributed by atoms with van der Waals surface area (Å²) in [4.78, 5) is 40.6. The number of ether oxygens (including phenoxy) is 1. The zero-order valence-corrected chi connectivity index (χ0v) is 19.8. The first-order valence-electron chi connectivity index (χ1n) is 11.1. The monoisotopic (exact) mass is 495 g/mol. The molecule has 182 valence electrons. The molecule has 0 saturated carbocycles. The Kier molecular flexibility index (Phi) is 7.42. The smallest absolute Gasteiger partial charge is 0.407 e. The molecule has 2 aromatic carbocycles. The molecule has 10 heteroatoms. The number of fused-ring (bicyclic) bond motifs is 3. The van der Waals surface area contributed by atoms with Crippen LogP contribution in [0.2, 0.25) is 0 Å². The molecule has 0 aliphatic heterocycles. The lowest BCUT2D eigenvalue weighted by Crippen LogP contribution is -2.41. The van der Waals surface area contributed by atoms with Crippen LogP contribution in [-0.4, -0.2) is 52.4 Å². The van der Waals surface area contributed by atoms with Gasteiger partial charge in [-0.3, -0.25) is 4.79 Å². The molecular weight excluding hydrogens is 470 g/mol. The molecule has 1 aliphatic carbocycles. The summed E-state index contributed by atoms with van der Waals surface area (Å²) in [6.07, 6.45) is -0.700. The molecule has 1 atom stereocenters. The number of hydrogen-bond donors (Lipinski definition) is 4. The number of rotatable bonds is 9. The van der Waals surface area contributed by atoms with Crippen molar-refractivity contribution in [2.24, 2.45) is 0 Å². The number of aryl methyl sites for hydroxylation is 1. The number of carbonyl (C=O) groups is 3. The molecule has 1 aromatic heterocycles. The lowest BCUT2D eigenvalue weighted by atomic mass is 9.98. The van der Waals surface area contributed by atoms with E-state index in [9.17, 15) is 14.4 Å². The predicted molar refractivity (Wildman–Crippen MR) is 129 cm³/mol. The molecule has 35 heavy (non-hydrogen) atoms. The van der Waals surface area contributed by atoms with E-state index < -0.39 is 24.0 Å². The van der Waals surface area contributed by atoms with Crippen molar-refractivity contribution >= 4 is 29.3 Å². The van der Waals surface area contributed by atoms with Crippen molar-refractivity contribution in [1.82, 2.24) is 15.6 Å². The molecule has 0 bridgehead atoms. The molecule has 3 aromatic rings. The standard InChI is InChI=1S/C25H25N3O6S/c1-14-22(23(30)28-20(10-11-29)24(31)32)35-21(27-14)12-26-25(33)34-13-19-17-8-4-2-6-15(17)16-7-3-5-9-18(16)19/h2-9,19-20,29H,10-13H2,1H3,(H,26,33)(H,28,30)(H,31,32)/t20-/m1/s1. The van der Waals surface area contributed by atoms with E-state index in [1.165, 1.54) is 0 Å². The first kappa shape index (κ1) is 24.4.